The lowest BCUT2D eigenvalue weighted by molar-refractivity contribution is 0.441. The highest BCUT2D eigenvalue weighted by Crippen LogP contribution is 2.20. The first-order valence-electron chi connectivity index (χ1n) is 6.23. The summed E-state index contributed by atoms with van der Waals surface area (Å²) in [6, 6.07) is 0. The van der Waals surface area contributed by atoms with Gasteiger partial charge in [-0.3, -0.25) is 5.10 Å². The fourth-order valence-corrected chi connectivity index (χ4v) is 3.41. The van der Waals surface area contributed by atoms with Gasteiger partial charge >= 0.3 is 0 Å². The summed E-state index contributed by atoms with van der Waals surface area (Å²) in [4.78, 5) is 0. The zero-order chi connectivity index (χ0) is 13.8. The Balaban J connectivity index is 3.16. The molecule has 0 fully saturated rings. The third-order valence-corrected chi connectivity index (χ3v) is 4.90. The predicted octanol–water partition coefficient (Wildman–Crippen LogP) is 0.858. The zero-order valence-electron chi connectivity index (χ0n) is 11.4. The average Bonchev–Trinajstić information content (AvgIpc) is 2.70. The fraction of sp³-hybridized carbons (Fsp3) is 0.727. The molecule has 1 heterocycles. The monoisotopic (exact) mass is 274 g/mol. The van der Waals surface area contributed by atoms with Crippen molar-refractivity contribution in [2.45, 2.75) is 39.3 Å². The van der Waals surface area contributed by atoms with Crippen LogP contribution in [0.1, 0.15) is 32.0 Å². The van der Waals surface area contributed by atoms with Gasteiger partial charge in [-0.1, -0.05) is 20.8 Å². The van der Waals surface area contributed by atoms with Gasteiger partial charge < -0.3 is 5.32 Å². The molecule has 1 aromatic heterocycles. The van der Waals surface area contributed by atoms with Crippen LogP contribution in [0.3, 0.4) is 0 Å². The standard InChI is InChI=1S/C11H22N4O2S/c1-5-12-8-10-9(4)13-14-11(10)18(16,17)15(6-2)7-3/h12H,5-8H2,1-4H3,(H,13,14). The summed E-state index contributed by atoms with van der Waals surface area (Å²) in [5.41, 5.74) is 1.52. The molecule has 0 unspecified atom stereocenters. The molecular formula is C11H22N4O2S. The van der Waals surface area contributed by atoms with Crippen molar-refractivity contribution in [2.75, 3.05) is 19.6 Å². The first kappa shape index (κ1) is 15.1. The Morgan fingerprint density at radius 2 is 1.89 bits per heavy atom. The van der Waals surface area contributed by atoms with E-state index in [0.29, 0.717) is 19.6 Å². The van der Waals surface area contributed by atoms with Gasteiger partial charge in [0, 0.05) is 30.9 Å². The van der Waals surface area contributed by atoms with Gasteiger partial charge in [-0.2, -0.15) is 9.40 Å². The minimum atomic E-state index is -3.49. The molecule has 0 spiro atoms. The summed E-state index contributed by atoms with van der Waals surface area (Å²) in [5, 5.41) is 10.0. The Morgan fingerprint density at radius 3 is 2.39 bits per heavy atom. The second kappa shape index (κ2) is 6.31. The summed E-state index contributed by atoms with van der Waals surface area (Å²) in [6.07, 6.45) is 0. The number of nitrogens with one attached hydrogen (secondary N) is 2. The topological polar surface area (TPSA) is 78.1 Å². The molecule has 104 valence electrons. The van der Waals surface area contributed by atoms with E-state index in [4.69, 9.17) is 0 Å². The van der Waals surface area contributed by atoms with E-state index in [1.165, 1.54) is 4.31 Å². The van der Waals surface area contributed by atoms with Crippen LogP contribution in [-0.4, -0.2) is 42.6 Å². The van der Waals surface area contributed by atoms with Gasteiger partial charge in [0.2, 0.25) is 0 Å². The van der Waals surface area contributed by atoms with Crippen molar-refractivity contribution >= 4 is 10.0 Å². The Morgan fingerprint density at radius 1 is 1.28 bits per heavy atom. The van der Waals surface area contributed by atoms with Crippen molar-refractivity contribution in [1.82, 2.24) is 19.8 Å². The molecule has 1 rings (SSSR count). The molecule has 7 heteroatoms. The van der Waals surface area contributed by atoms with Gasteiger partial charge in [-0.15, -0.1) is 0 Å². The van der Waals surface area contributed by atoms with E-state index in [1.54, 1.807) is 0 Å². The van der Waals surface area contributed by atoms with Crippen LogP contribution in [-0.2, 0) is 16.6 Å². The number of hydrogen-bond acceptors (Lipinski definition) is 4. The smallest absolute Gasteiger partial charge is 0.262 e. The summed E-state index contributed by atoms with van der Waals surface area (Å²) < 4.78 is 26.2. The molecule has 0 amide bonds. The number of H-pyrrole nitrogens is 1. The maximum Gasteiger partial charge on any atom is 0.262 e. The van der Waals surface area contributed by atoms with Crippen LogP contribution in [0.5, 0.6) is 0 Å². The van der Waals surface area contributed by atoms with Gasteiger partial charge in [0.25, 0.3) is 10.0 Å². The van der Waals surface area contributed by atoms with Crippen LogP contribution in [0.4, 0.5) is 0 Å². The van der Waals surface area contributed by atoms with Crippen LogP contribution < -0.4 is 5.32 Å². The fourth-order valence-electron chi connectivity index (χ4n) is 1.79. The molecule has 0 atom stereocenters. The lowest BCUT2D eigenvalue weighted by Gasteiger charge is -2.17. The molecule has 0 aliphatic heterocycles. The van der Waals surface area contributed by atoms with Crippen molar-refractivity contribution in [2.24, 2.45) is 0 Å². The van der Waals surface area contributed by atoms with Crippen molar-refractivity contribution < 1.29 is 8.42 Å². The summed E-state index contributed by atoms with van der Waals surface area (Å²) in [5.74, 6) is 0. The number of nitrogens with zero attached hydrogens (tertiary/aromatic N) is 2. The predicted molar refractivity (Wildman–Crippen MR) is 70.8 cm³/mol. The molecule has 6 nitrogen and oxygen atoms in total. The van der Waals surface area contributed by atoms with E-state index < -0.39 is 10.0 Å². The second-order valence-electron chi connectivity index (χ2n) is 4.00. The molecule has 0 radical (unpaired) electrons. The lowest BCUT2D eigenvalue weighted by atomic mass is 10.2. The van der Waals surface area contributed by atoms with Gasteiger partial charge in [-0.05, 0) is 13.5 Å². The third-order valence-electron chi connectivity index (χ3n) is 2.88. The SMILES string of the molecule is CCNCc1c(S(=O)(=O)N(CC)CC)n[nH]c1C. The highest BCUT2D eigenvalue weighted by molar-refractivity contribution is 7.89. The zero-order valence-corrected chi connectivity index (χ0v) is 12.3. The number of rotatable bonds is 7. The average molecular weight is 274 g/mol. The molecule has 0 aliphatic rings. The van der Waals surface area contributed by atoms with E-state index in [-0.39, 0.29) is 5.03 Å². The normalized spacial score (nSPS) is 12.3. The lowest BCUT2D eigenvalue weighted by Crippen LogP contribution is -2.32. The van der Waals surface area contributed by atoms with Crippen molar-refractivity contribution in [3.63, 3.8) is 0 Å². The number of aromatic amines is 1. The Bertz CT molecular complexity index is 477. The highest BCUT2D eigenvalue weighted by Gasteiger charge is 2.28. The van der Waals surface area contributed by atoms with E-state index in [9.17, 15) is 8.42 Å². The van der Waals surface area contributed by atoms with E-state index >= 15 is 0 Å². The Kier molecular flexibility index (Phi) is 5.30. The molecule has 0 saturated carbocycles. The quantitative estimate of drug-likeness (QED) is 0.773. The van der Waals surface area contributed by atoms with Crippen LogP contribution in [0.2, 0.25) is 0 Å². The largest absolute Gasteiger partial charge is 0.313 e. The van der Waals surface area contributed by atoms with Crippen LogP contribution in [0.25, 0.3) is 0 Å². The molecule has 0 bridgehead atoms. The minimum Gasteiger partial charge on any atom is -0.313 e. The first-order chi connectivity index (χ1) is 8.48. The molecule has 0 aliphatic carbocycles. The summed E-state index contributed by atoms with van der Waals surface area (Å²) >= 11 is 0. The van der Waals surface area contributed by atoms with Crippen LogP contribution in [0.15, 0.2) is 5.03 Å². The second-order valence-corrected chi connectivity index (χ2v) is 5.86. The van der Waals surface area contributed by atoms with E-state index in [1.807, 2.05) is 27.7 Å². The molecule has 1 aromatic rings. The highest BCUT2D eigenvalue weighted by atomic mass is 32.2. The summed E-state index contributed by atoms with van der Waals surface area (Å²) in [6.45, 7) is 9.66. The maximum absolute atomic E-state index is 12.4. The molecule has 2 N–H and O–H groups in total. The number of aryl methyl sites for hydroxylation is 1. The van der Waals surface area contributed by atoms with Crippen LogP contribution >= 0.6 is 0 Å². The van der Waals surface area contributed by atoms with E-state index in [0.717, 1.165) is 17.8 Å². The molecule has 18 heavy (non-hydrogen) atoms. The van der Waals surface area contributed by atoms with Crippen molar-refractivity contribution in [1.29, 1.82) is 0 Å². The maximum atomic E-state index is 12.4. The van der Waals surface area contributed by atoms with Crippen molar-refractivity contribution in [3.05, 3.63) is 11.3 Å². The van der Waals surface area contributed by atoms with Gasteiger partial charge in [0.05, 0.1) is 0 Å². The van der Waals surface area contributed by atoms with Gasteiger partial charge in [0.1, 0.15) is 0 Å². The van der Waals surface area contributed by atoms with E-state index in [2.05, 4.69) is 15.5 Å². The van der Waals surface area contributed by atoms with Crippen molar-refractivity contribution in [3.8, 4) is 0 Å². The number of aromatic nitrogens is 2. The molecule has 0 aromatic carbocycles. The Labute approximate surface area is 109 Å². The molecular weight excluding hydrogens is 252 g/mol. The number of hydrogen-bond donors (Lipinski definition) is 2. The molecule has 0 saturated heterocycles. The van der Waals surface area contributed by atoms with Gasteiger partial charge in [0.15, 0.2) is 5.03 Å². The summed E-state index contributed by atoms with van der Waals surface area (Å²) in [7, 11) is -3.49. The van der Waals surface area contributed by atoms with Gasteiger partial charge in [-0.25, -0.2) is 8.42 Å². The Hall–Kier alpha value is -0.920. The van der Waals surface area contributed by atoms with Crippen LogP contribution in [0, 0.1) is 6.92 Å². The number of sulfonamides is 1. The minimum absolute atomic E-state index is 0.143. The third kappa shape index (κ3) is 2.90. The first-order valence-corrected chi connectivity index (χ1v) is 7.67.